The van der Waals surface area contributed by atoms with Crippen molar-refractivity contribution in [3.05, 3.63) is 62.5 Å². The lowest BCUT2D eigenvalue weighted by Gasteiger charge is -2.05. The fourth-order valence-corrected chi connectivity index (χ4v) is 3.11. The Morgan fingerprint density at radius 1 is 1.30 bits per heavy atom. The summed E-state index contributed by atoms with van der Waals surface area (Å²) < 4.78 is 1.64. The maximum Gasteiger partial charge on any atom is 0.326 e. The van der Waals surface area contributed by atoms with Crippen molar-refractivity contribution in [2.24, 2.45) is 10.9 Å². The van der Waals surface area contributed by atoms with Crippen LogP contribution in [0, 0.1) is 5.92 Å². The van der Waals surface area contributed by atoms with Crippen LogP contribution in [0.4, 0.5) is 11.6 Å². The van der Waals surface area contributed by atoms with Gasteiger partial charge in [0.1, 0.15) is 17.3 Å². The summed E-state index contributed by atoms with van der Waals surface area (Å²) >= 11 is 5.91. The third kappa shape index (κ3) is 3.77. The van der Waals surface area contributed by atoms with Gasteiger partial charge in [-0.3, -0.25) is 9.98 Å². The predicted octanol–water partition coefficient (Wildman–Crippen LogP) is 1.10. The van der Waals surface area contributed by atoms with Crippen LogP contribution in [0.3, 0.4) is 0 Å². The molecular formula is C19H17ClN8O2. The molecule has 4 aromatic heterocycles. The Bertz CT molecular complexity index is 1400. The van der Waals surface area contributed by atoms with Crippen LogP contribution in [0.2, 0.25) is 5.02 Å². The van der Waals surface area contributed by atoms with Gasteiger partial charge in [0.05, 0.1) is 11.2 Å². The fourth-order valence-electron chi connectivity index (χ4n) is 2.99. The number of rotatable bonds is 5. The molecule has 4 N–H and O–H groups in total. The quantitative estimate of drug-likeness (QED) is 0.378. The van der Waals surface area contributed by atoms with E-state index in [9.17, 15) is 9.90 Å². The highest BCUT2D eigenvalue weighted by Crippen LogP contribution is 2.28. The second-order valence-electron chi connectivity index (χ2n) is 7.09. The van der Waals surface area contributed by atoms with E-state index in [1.807, 2.05) is 0 Å². The van der Waals surface area contributed by atoms with Crippen molar-refractivity contribution < 1.29 is 5.11 Å². The number of aromatic nitrogens is 6. The first kappa shape index (κ1) is 18.4. The van der Waals surface area contributed by atoms with Crippen LogP contribution < -0.4 is 21.7 Å². The summed E-state index contributed by atoms with van der Waals surface area (Å²) in [6.45, 7) is 0.725. The second kappa shape index (κ2) is 7.30. The Morgan fingerprint density at radius 2 is 2.17 bits per heavy atom. The molecule has 1 saturated carbocycles. The van der Waals surface area contributed by atoms with Crippen LogP contribution in [0.5, 0.6) is 5.88 Å². The summed E-state index contributed by atoms with van der Waals surface area (Å²) in [5.41, 5.74) is 0.908. The predicted molar refractivity (Wildman–Crippen MR) is 111 cm³/mol. The van der Waals surface area contributed by atoms with Crippen LogP contribution in [-0.2, 0) is 0 Å². The standard InChI is InChI=1S/C19H17ClN8O2/c20-12-3-4-14(21-9-12)25-15-6-16(22-7-10-1-2-10)28-17(26-15)11(8-23-28)5-13-18(29)27-19(30)24-13/h3-6,8-10,29H,1-2,7H2,(H,21,25)(H2,24,27,30)/b11-5+,22-16?. The van der Waals surface area contributed by atoms with E-state index in [0.29, 0.717) is 38.9 Å². The topological polar surface area (TPSA) is 136 Å². The Balaban J connectivity index is 1.64. The average molecular weight is 425 g/mol. The Labute approximate surface area is 174 Å². The van der Waals surface area contributed by atoms with Gasteiger partial charge in [0.25, 0.3) is 0 Å². The summed E-state index contributed by atoms with van der Waals surface area (Å²) in [6.07, 6.45) is 7.13. The highest BCUT2D eigenvalue weighted by Gasteiger charge is 2.20. The normalized spacial score (nSPS) is 15.2. The number of anilines is 2. The molecule has 0 spiro atoms. The number of pyridine rings is 1. The minimum absolute atomic E-state index is 0.242. The number of hydrogen-bond donors (Lipinski definition) is 4. The van der Waals surface area contributed by atoms with Crippen molar-refractivity contribution >= 4 is 35.0 Å². The van der Waals surface area contributed by atoms with Gasteiger partial charge >= 0.3 is 5.69 Å². The van der Waals surface area contributed by atoms with Crippen molar-refractivity contribution in [3.8, 4) is 5.88 Å². The molecule has 0 unspecified atom stereocenters. The number of aromatic hydroxyl groups is 1. The molecule has 0 aliphatic heterocycles. The monoisotopic (exact) mass is 424 g/mol. The molecule has 5 rings (SSSR count). The average Bonchev–Trinajstić information content (AvgIpc) is 3.39. The lowest BCUT2D eigenvalue weighted by atomic mass is 10.3. The van der Waals surface area contributed by atoms with Gasteiger partial charge in [-0.2, -0.15) is 9.61 Å². The van der Waals surface area contributed by atoms with Gasteiger partial charge in [0.15, 0.2) is 11.1 Å². The molecule has 4 heterocycles. The van der Waals surface area contributed by atoms with Gasteiger partial charge in [-0.05, 0) is 37.0 Å². The number of imidazole rings is 1. The molecule has 1 aliphatic carbocycles. The molecule has 0 aromatic carbocycles. The van der Waals surface area contributed by atoms with E-state index in [0.717, 1.165) is 6.54 Å². The van der Waals surface area contributed by atoms with Crippen molar-refractivity contribution in [2.45, 2.75) is 12.8 Å². The number of hydrogen-bond acceptors (Lipinski definition) is 7. The summed E-state index contributed by atoms with van der Waals surface area (Å²) in [7, 11) is 0. The van der Waals surface area contributed by atoms with E-state index >= 15 is 0 Å². The maximum absolute atomic E-state index is 11.4. The Morgan fingerprint density at radius 3 is 2.87 bits per heavy atom. The minimum atomic E-state index is -0.500. The maximum atomic E-state index is 11.4. The Hall–Kier alpha value is -3.66. The third-order valence-electron chi connectivity index (χ3n) is 4.71. The van der Waals surface area contributed by atoms with Crippen molar-refractivity contribution in [3.63, 3.8) is 0 Å². The smallest absolute Gasteiger partial charge is 0.326 e. The first-order valence-corrected chi connectivity index (χ1v) is 9.74. The second-order valence-corrected chi connectivity index (χ2v) is 7.53. The number of aromatic amines is 2. The summed E-state index contributed by atoms with van der Waals surface area (Å²) in [5.74, 6) is 1.49. The summed E-state index contributed by atoms with van der Waals surface area (Å²) in [4.78, 5) is 29.8. The van der Waals surface area contributed by atoms with E-state index in [1.165, 1.54) is 12.8 Å². The number of H-pyrrole nitrogens is 2. The number of fused-ring (bicyclic) bond motifs is 1. The van der Waals surface area contributed by atoms with Gasteiger partial charge < -0.3 is 15.4 Å². The van der Waals surface area contributed by atoms with Gasteiger partial charge in [-0.15, -0.1) is 0 Å². The minimum Gasteiger partial charge on any atom is -0.493 e. The Kier molecular flexibility index (Phi) is 4.47. The molecule has 0 radical (unpaired) electrons. The zero-order valence-corrected chi connectivity index (χ0v) is 16.4. The SMILES string of the molecule is O=c1[nH]c(O)c(/C=c2\cnn3c(=NCC4CC4)cc(Nc4ccc(Cl)cn4)nc23)[nH]1. The van der Waals surface area contributed by atoms with E-state index in [1.54, 1.807) is 41.2 Å². The number of nitrogens with zero attached hydrogens (tertiary/aromatic N) is 5. The van der Waals surface area contributed by atoms with Gasteiger partial charge in [0, 0.05) is 24.0 Å². The van der Waals surface area contributed by atoms with Crippen LogP contribution in [0.1, 0.15) is 18.5 Å². The molecular weight excluding hydrogens is 408 g/mol. The van der Waals surface area contributed by atoms with Crippen LogP contribution in [0.25, 0.3) is 11.7 Å². The van der Waals surface area contributed by atoms with Crippen LogP contribution in [0.15, 0.2) is 40.4 Å². The van der Waals surface area contributed by atoms with Crippen LogP contribution >= 0.6 is 11.6 Å². The highest BCUT2D eigenvalue weighted by atomic mass is 35.5. The molecule has 0 atom stereocenters. The zero-order valence-electron chi connectivity index (χ0n) is 15.6. The van der Waals surface area contributed by atoms with Gasteiger partial charge in [0.2, 0.25) is 5.88 Å². The molecule has 152 valence electrons. The number of nitrogens with one attached hydrogen (secondary N) is 3. The molecule has 11 heteroatoms. The number of halogens is 1. The van der Waals surface area contributed by atoms with Crippen molar-refractivity contribution in [1.29, 1.82) is 0 Å². The van der Waals surface area contributed by atoms with E-state index in [-0.39, 0.29) is 11.6 Å². The molecule has 4 aromatic rings. The molecule has 0 bridgehead atoms. The molecule has 0 saturated heterocycles. The molecule has 0 amide bonds. The largest absolute Gasteiger partial charge is 0.493 e. The molecule has 10 nitrogen and oxygen atoms in total. The highest BCUT2D eigenvalue weighted by molar-refractivity contribution is 6.30. The van der Waals surface area contributed by atoms with Crippen molar-refractivity contribution in [1.82, 2.24) is 29.5 Å². The van der Waals surface area contributed by atoms with Gasteiger partial charge in [-0.1, -0.05) is 11.6 Å². The fraction of sp³-hybridized carbons (Fsp3) is 0.211. The van der Waals surface area contributed by atoms with Gasteiger partial charge in [-0.25, -0.2) is 14.8 Å². The van der Waals surface area contributed by atoms with E-state index < -0.39 is 5.69 Å². The third-order valence-corrected chi connectivity index (χ3v) is 4.93. The summed E-state index contributed by atoms with van der Waals surface area (Å²) in [5, 5.41) is 18.6. The lowest BCUT2D eigenvalue weighted by molar-refractivity contribution is 0.454. The van der Waals surface area contributed by atoms with E-state index in [4.69, 9.17) is 16.6 Å². The summed E-state index contributed by atoms with van der Waals surface area (Å²) in [6, 6.07) is 5.29. The molecule has 1 aliphatic rings. The zero-order chi connectivity index (χ0) is 20.7. The first-order valence-electron chi connectivity index (χ1n) is 9.36. The van der Waals surface area contributed by atoms with Crippen molar-refractivity contribution in [2.75, 3.05) is 11.9 Å². The van der Waals surface area contributed by atoms with Crippen LogP contribution in [-0.4, -0.2) is 41.2 Å². The lowest BCUT2D eigenvalue weighted by Crippen LogP contribution is -2.20. The van der Waals surface area contributed by atoms with E-state index in [2.05, 4.69) is 30.4 Å². The molecule has 30 heavy (non-hydrogen) atoms. The first-order chi connectivity index (χ1) is 14.5. The molecule has 1 fully saturated rings.